The maximum atomic E-state index is 11.4. The van der Waals surface area contributed by atoms with E-state index in [0.717, 1.165) is 16.9 Å². The number of hydrogen-bond donors (Lipinski definition) is 2. The number of benzene rings is 2. The second-order valence-corrected chi connectivity index (χ2v) is 7.12. The first-order chi connectivity index (χ1) is 13.0. The lowest BCUT2D eigenvalue weighted by atomic mass is 10.1. The number of ketones is 1. The number of anilines is 1. The molecule has 0 saturated carbocycles. The Bertz CT molecular complexity index is 1050. The number of aliphatic hydroxyl groups is 1. The standard InChI is InChI=1S/C21H17N3O2S/c1-13(25)14-7-9-16(10-8-14)24-11-18(26)19(20(24)22)21-23-17(12-27-21)15-5-3-2-4-6-15/h2-10,12,22,26H,11H2,1H3. The van der Waals surface area contributed by atoms with Crippen molar-refractivity contribution in [2.75, 3.05) is 11.4 Å². The van der Waals surface area contributed by atoms with E-state index in [9.17, 15) is 9.90 Å². The Kier molecular flexibility index (Phi) is 4.33. The smallest absolute Gasteiger partial charge is 0.159 e. The summed E-state index contributed by atoms with van der Waals surface area (Å²) in [7, 11) is 0. The van der Waals surface area contributed by atoms with Crippen molar-refractivity contribution >= 4 is 34.2 Å². The van der Waals surface area contributed by atoms with Crippen molar-refractivity contribution in [3.63, 3.8) is 0 Å². The lowest BCUT2D eigenvalue weighted by molar-refractivity contribution is 0.101. The van der Waals surface area contributed by atoms with Crippen LogP contribution in [0.2, 0.25) is 0 Å². The summed E-state index contributed by atoms with van der Waals surface area (Å²) < 4.78 is 0. The van der Waals surface area contributed by atoms with Crippen molar-refractivity contribution < 1.29 is 9.90 Å². The molecule has 1 aliphatic heterocycles. The number of nitrogens with one attached hydrogen (secondary N) is 1. The number of rotatable bonds is 4. The van der Waals surface area contributed by atoms with Crippen molar-refractivity contribution in [1.29, 1.82) is 5.41 Å². The molecular weight excluding hydrogens is 358 g/mol. The molecule has 5 nitrogen and oxygen atoms in total. The van der Waals surface area contributed by atoms with Crippen LogP contribution in [0.5, 0.6) is 0 Å². The van der Waals surface area contributed by atoms with Crippen molar-refractivity contribution in [2.45, 2.75) is 6.92 Å². The minimum Gasteiger partial charge on any atom is -0.510 e. The Labute approximate surface area is 160 Å². The van der Waals surface area contributed by atoms with Crippen LogP contribution >= 0.6 is 11.3 Å². The molecule has 0 aliphatic carbocycles. The number of hydrogen-bond acceptors (Lipinski definition) is 5. The largest absolute Gasteiger partial charge is 0.510 e. The Balaban J connectivity index is 1.61. The van der Waals surface area contributed by atoms with Crippen LogP contribution in [0.3, 0.4) is 0 Å². The van der Waals surface area contributed by atoms with Gasteiger partial charge in [0.1, 0.15) is 16.6 Å². The molecular formula is C21H17N3O2S. The molecule has 2 heterocycles. The minimum atomic E-state index is -0.00376. The molecule has 6 heteroatoms. The molecule has 0 fully saturated rings. The molecule has 2 N–H and O–H groups in total. The Morgan fingerprint density at radius 2 is 1.85 bits per heavy atom. The number of amidine groups is 1. The fourth-order valence-corrected chi connectivity index (χ4v) is 3.93. The van der Waals surface area contributed by atoms with E-state index < -0.39 is 0 Å². The van der Waals surface area contributed by atoms with Crippen LogP contribution in [0.15, 0.2) is 65.7 Å². The van der Waals surface area contributed by atoms with E-state index in [-0.39, 0.29) is 23.9 Å². The van der Waals surface area contributed by atoms with Crippen molar-refractivity contribution in [3.05, 3.63) is 76.3 Å². The first-order valence-electron chi connectivity index (χ1n) is 8.45. The van der Waals surface area contributed by atoms with Gasteiger partial charge in [-0.2, -0.15) is 0 Å². The topological polar surface area (TPSA) is 77.3 Å². The van der Waals surface area contributed by atoms with Crippen molar-refractivity contribution in [3.8, 4) is 11.3 Å². The molecule has 0 unspecified atom stereocenters. The zero-order valence-electron chi connectivity index (χ0n) is 14.6. The van der Waals surface area contributed by atoms with Gasteiger partial charge in [-0.25, -0.2) is 4.98 Å². The second-order valence-electron chi connectivity index (χ2n) is 6.26. The third-order valence-corrected chi connectivity index (χ3v) is 5.34. The quantitative estimate of drug-likeness (QED) is 0.644. The highest BCUT2D eigenvalue weighted by Gasteiger charge is 2.31. The zero-order valence-corrected chi connectivity index (χ0v) is 15.5. The summed E-state index contributed by atoms with van der Waals surface area (Å²) in [5, 5.41) is 21.6. The van der Waals surface area contributed by atoms with Crippen LogP contribution in [-0.4, -0.2) is 28.3 Å². The summed E-state index contributed by atoms with van der Waals surface area (Å²) in [4.78, 5) is 17.8. The SMILES string of the molecule is CC(=O)c1ccc(N2CC(O)=C(c3nc(-c4ccccc4)cs3)C2=N)cc1. The summed E-state index contributed by atoms with van der Waals surface area (Å²) >= 11 is 1.41. The monoisotopic (exact) mass is 375 g/mol. The second kappa shape index (κ2) is 6.81. The summed E-state index contributed by atoms with van der Waals surface area (Å²) in [6.07, 6.45) is 0. The molecule has 0 saturated heterocycles. The van der Waals surface area contributed by atoms with Crippen LogP contribution in [0.1, 0.15) is 22.3 Å². The summed E-state index contributed by atoms with van der Waals surface area (Å²) in [6, 6.07) is 16.9. The van der Waals surface area contributed by atoms with Gasteiger partial charge in [0.15, 0.2) is 5.78 Å². The molecule has 0 atom stereocenters. The Hall–Kier alpha value is -3.25. The number of aromatic nitrogens is 1. The van der Waals surface area contributed by atoms with Crippen LogP contribution in [0.25, 0.3) is 16.8 Å². The van der Waals surface area contributed by atoms with Gasteiger partial charge in [-0.15, -0.1) is 11.3 Å². The highest BCUT2D eigenvalue weighted by Crippen LogP contribution is 2.34. The third kappa shape index (κ3) is 3.15. The molecule has 0 radical (unpaired) electrons. The highest BCUT2D eigenvalue weighted by molar-refractivity contribution is 7.11. The molecule has 2 aromatic carbocycles. The van der Waals surface area contributed by atoms with Crippen LogP contribution in [0, 0.1) is 5.41 Å². The number of Topliss-reactive ketones (excluding diaryl/α,β-unsaturated/α-hetero) is 1. The average Bonchev–Trinajstić information content (AvgIpc) is 3.27. The van der Waals surface area contributed by atoms with E-state index in [1.807, 2.05) is 35.7 Å². The molecule has 0 amide bonds. The van der Waals surface area contributed by atoms with E-state index in [2.05, 4.69) is 4.98 Å². The molecule has 0 spiro atoms. The molecule has 3 aromatic rings. The van der Waals surface area contributed by atoms with E-state index in [1.54, 1.807) is 29.2 Å². The normalized spacial score (nSPS) is 14.1. The number of carbonyl (C=O) groups is 1. The summed E-state index contributed by atoms with van der Waals surface area (Å²) in [5.41, 5.74) is 3.66. The number of nitrogens with zero attached hydrogens (tertiary/aromatic N) is 2. The van der Waals surface area contributed by atoms with Gasteiger partial charge >= 0.3 is 0 Å². The van der Waals surface area contributed by atoms with Crippen LogP contribution in [0.4, 0.5) is 5.69 Å². The van der Waals surface area contributed by atoms with E-state index in [4.69, 9.17) is 5.41 Å². The lowest BCUT2D eigenvalue weighted by Gasteiger charge is -2.18. The Morgan fingerprint density at radius 3 is 2.52 bits per heavy atom. The van der Waals surface area contributed by atoms with E-state index in [1.165, 1.54) is 18.3 Å². The first-order valence-corrected chi connectivity index (χ1v) is 9.33. The predicted molar refractivity (Wildman–Crippen MR) is 109 cm³/mol. The molecule has 1 aromatic heterocycles. The van der Waals surface area contributed by atoms with Gasteiger partial charge in [0.25, 0.3) is 0 Å². The minimum absolute atomic E-state index is 0.00376. The first kappa shape index (κ1) is 17.2. The Morgan fingerprint density at radius 1 is 1.15 bits per heavy atom. The van der Waals surface area contributed by atoms with Gasteiger partial charge in [0.05, 0.1) is 17.8 Å². The summed E-state index contributed by atoms with van der Waals surface area (Å²) in [6.45, 7) is 1.74. The van der Waals surface area contributed by atoms with Crippen molar-refractivity contribution in [1.82, 2.24) is 4.98 Å². The number of carbonyl (C=O) groups excluding carboxylic acids is 1. The van der Waals surface area contributed by atoms with Gasteiger partial charge in [0, 0.05) is 22.2 Å². The van der Waals surface area contributed by atoms with Gasteiger partial charge in [-0.3, -0.25) is 10.2 Å². The molecule has 1 aliphatic rings. The zero-order chi connectivity index (χ0) is 19.0. The van der Waals surface area contributed by atoms with Gasteiger partial charge in [-0.1, -0.05) is 30.3 Å². The predicted octanol–water partition coefficient (Wildman–Crippen LogP) is 4.78. The summed E-state index contributed by atoms with van der Waals surface area (Å²) in [5.74, 6) is 0.331. The molecule has 4 rings (SSSR count). The van der Waals surface area contributed by atoms with Gasteiger partial charge in [-0.05, 0) is 31.2 Å². The van der Waals surface area contributed by atoms with Crippen LogP contribution < -0.4 is 4.90 Å². The third-order valence-electron chi connectivity index (χ3n) is 4.48. The van der Waals surface area contributed by atoms with Gasteiger partial charge < -0.3 is 10.0 Å². The molecule has 0 bridgehead atoms. The lowest BCUT2D eigenvalue weighted by Crippen LogP contribution is -2.26. The molecule has 134 valence electrons. The fraction of sp³-hybridized carbons (Fsp3) is 0.0952. The maximum Gasteiger partial charge on any atom is 0.159 e. The maximum absolute atomic E-state index is 11.4. The molecule has 27 heavy (non-hydrogen) atoms. The van der Waals surface area contributed by atoms with E-state index >= 15 is 0 Å². The van der Waals surface area contributed by atoms with Crippen molar-refractivity contribution in [2.24, 2.45) is 0 Å². The van der Waals surface area contributed by atoms with Crippen LogP contribution in [-0.2, 0) is 0 Å². The van der Waals surface area contributed by atoms with E-state index in [0.29, 0.717) is 16.1 Å². The average molecular weight is 375 g/mol. The fourth-order valence-electron chi connectivity index (χ4n) is 3.03. The highest BCUT2D eigenvalue weighted by atomic mass is 32.1. The van der Waals surface area contributed by atoms with Gasteiger partial charge in [0.2, 0.25) is 0 Å². The number of aliphatic hydroxyl groups excluding tert-OH is 1. The number of thiazole rings is 1.